The standard InChI is InChI=1S/C16H25N3O4/c1-10-13(8-17-19(10)16(2,3)4)15(22)18-9-12(23-5)6-11(18)7-14(20)21/h8,11-12H,6-7,9H2,1-5H3,(H,20,21). The number of carbonyl (C=O) groups is 2. The average molecular weight is 323 g/mol. The Morgan fingerprint density at radius 2 is 2.09 bits per heavy atom. The van der Waals surface area contributed by atoms with Crippen LogP contribution in [0.4, 0.5) is 0 Å². The lowest BCUT2D eigenvalue weighted by atomic mass is 10.1. The Hall–Kier alpha value is -1.89. The normalized spacial score (nSPS) is 21.7. The van der Waals surface area contributed by atoms with Crippen LogP contribution in [0.3, 0.4) is 0 Å². The molecule has 2 rings (SSSR count). The first-order chi connectivity index (χ1) is 10.6. The molecule has 2 atom stereocenters. The van der Waals surface area contributed by atoms with Crippen LogP contribution in [0.5, 0.6) is 0 Å². The van der Waals surface area contributed by atoms with Crippen LogP contribution < -0.4 is 0 Å². The Labute approximate surface area is 136 Å². The van der Waals surface area contributed by atoms with Gasteiger partial charge in [-0.15, -0.1) is 0 Å². The van der Waals surface area contributed by atoms with E-state index >= 15 is 0 Å². The van der Waals surface area contributed by atoms with Gasteiger partial charge >= 0.3 is 5.97 Å². The second kappa shape index (κ2) is 6.31. The van der Waals surface area contributed by atoms with Crippen molar-refractivity contribution < 1.29 is 19.4 Å². The van der Waals surface area contributed by atoms with E-state index in [4.69, 9.17) is 9.84 Å². The Balaban J connectivity index is 2.28. The van der Waals surface area contributed by atoms with Crippen molar-refractivity contribution in [2.24, 2.45) is 0 Å². The highest BCUT2D eigenvalue weighted by Gasteiger charge is 2.38. The molecule has 2 unspecified atom stereocenters. The molecule has 7 heteroatoms. The van der Waals surface area contributed by atoms with E-state index in [0.717, 1.165) is 5.69 Å². The number of likely N-dealkylation sites (tertiary alicyclic amines) is 1. The van der Waals surface area contributed by atoms with Crippen molar-refractivity contribution in [2.45, 2.75) is 58.2 Å². The average Bonchev–Trinajstić information content (AvgIpc) is 3.00. The van der Waals surface area contributed by atoms with Crippen molar-refractivity contribution in [2.75, 3.05) is 13.7 Å². The molecular formula is C16H25N3O4. The molecule has 1 saturated heterocycles. The summed E-state index contributed by atoms with van der Waals surface area (Å²) in [5.41, 5.74) is 1.09. The van der Waals surface area contributed by atoms with Gasteiger partial charge in [-0.3, -0.25) is 14.3 Å². The summed E-state index contributed by atoms with van der Waals surface area (Å²) in [6, 6.07) is -0.345. The van der Waals surface area contributed by atoms with Gasteiger partial charge in [0.05, 0.1) is 29.8 Å². The van der Waals surface area contributed by atoms with Crippen LogP contribution in [-0.2, 0) is 15.1 Å². The highest BCUT2D eigenvalue weighted by molar-refractivity contribution is 5.95. The molecule has 2 heterocycles. The third kappa shape index (κ3) is 3.55. The van der Waals surface area contributed by atoms with Crippen LogP contribution in [0.2, 0.25) is 0 Å². The number of amides is 1. The molecule has 0 aromatic carbocycles. The van der Waals surface area contributed by atoms with Crippen molar-refractivity contribution in [3.63, 3.8) is 0 Å². The maximum absolute atomic E-state index is 12.9. The Morgan fingerprint density at radius 3 is 2.57 bits per heavy atom. The number of hydrogen-bond donors (Lipinski definition) is 1. The molecule has 128 valence electrons. The Bertz CT molecular complexity index is 603. The molecule has 1 aromatic heterocycles. The zero-order chi connectivity index (χ0) is 17.4. The smallest absolute Gasteiger partial charge is 0.305 e. The van der Waals surface area contributed by atoms with Gasteiger partial charge in [-0.25, -0.2) is 0 Å². The first-order valence-electron chi connectivity index (χ1n) is 7.75. The predicted octanol–water partition coefficient (Wildman–Crippen LogP) is 1.65. The molecule has 0 aliphatic carbocycles. The van der Waals surface area contributed by atoms with Crippen molar-refractivity contribution >= 4 is 11.9 Å². The molecule has 1 N–H and O–H groups in total. The van der Waals surface area contributed by atoms with E-state index in [1.807, 2.05) is 32.4 Å². The highest BCUT2D eigenvalue weighted by atomic mass is 16.5. The number of methoxy groups -OCH3 is 1. The predicted molar refractivity (Wildman–Crippen MR) is 84.5 cm³/mol. The lowest BCUT2D eigenvalue weighted by molar-refractivity contribution is -0.137. The van der Waals surface area contributed by atoms with E-state index in [1.165, 1.54) is 0 Å². The molecule has 1 fully saturated rings. The topological polar surface area (TPSA) is 84.7 Å². The molecule has 0 radical (unpaired) electrons. The molecule has 1 aliphatic rings. The second-order valence-electron chi connectivity index (χ2n) is 7.03. The van der Waals surface area contributed by atoms with Gasteiger partial charge in [-0.05, 0) is 34.1 Å². The van der Waals surface area contributed by atoms with Gasteiger partial charge in [0.2, 0.25) is 0 Å². The summed E-state index contributed by atoms with van der Waals surface area (Å²) in [6.07, 6.45) is 1.92. The third-order valence-electron chi connectivity index (χ3n) is 4.26. The minimum Gasteiger partial charge on any atom is -0.481 e. The van der Waals surface area contributed by atoms with Gasteiger partial charge in [0, 0.05) is 25.4 Å². The summed E-state index contributed by atoms with van der Waals surface area (Å²) in [5.74, 6) is -1.09. The number of ether oxygens (including phenoxy) is 1. The Morgan fingerprint density at radius 1 is 1.43 bits per heavy atom. The fourth-order valence-corrected chi connectivity index (χ4v) is 3.14. The lowest BCUT2D eigenvalue weighted by Crippen LogP contribution is -2.37. The van der Waals surface area contributed by atoms with Crippen LogP contribution in [-0.4, -0.2) is 57.5 Å². The molecule has 0 bridgehead atoms. The number of carboxylic acid groups (broad SMARTS) is 1. The summed E-state index contributed by atoms with van der Waals surface area (Å²) in [7, 11) is 1.58. The minimum atomic E-state index is -0.910. The number of carboxylic acids is 1. The number of hydrogen-bond acceptors (Lipinski definition) is 4. The molecule has 23 heavy (non-hydrogen) atoms. The van der Waals surface area contributed by atoms with Crippen LogP contribution in [0.25, 0.3) is 0 Å². The minimum absolute atomic E-state index is 0.0714. The van der Waals surface area contributed by atoms with Crippen molar-refractivity contribution in [3.8, 4) is 0 Å². The SMILES string of the molecule is COC1CC(CC(=O)O)N(C(=O)c2cnn(C(C)(C)C)c2C)C1. The number of aliphatic carboxylic acids is 1. The second-order valence-corrected chi connectivity index (χ2v) is 7.03. The number of nitrogens with zero attached hydrogens (tertiary/aromatic N) is 3. The fraction of sp³-hybridized carbons (Fsp3) is 0.688. The zero-order valence-corrected chi connectivity index (χ0v) is 14.4. The summed E-state index contributed by atoms with van der Waals surface area (Å²) < 4.78 is 7.14. The van der Waals surface area contributed by atoms with Crippen molar-refractivity contribution in [1.82, 2.24) is 14.7 Å². The molecular weight excluding hydrogens is 298 g/mol. The van der Waals surface area contributed by atoms with Gasteiger partial charge in [-0.1, -0.05) is 0 Å². The van der Waals surface area contributed by atoms with Crippen molar-refractivity contribution in [1.29, 1.82) is 0 Å². The summed E-state index contributed by atoms with van der Waals surface area (Å²) in [4.78, 5) is 25.6. The van der Waals surface area contributed by atoms with Crippen LogP contribution in [0.1, 0.15) is 49.7 Å². The number of carbonyl (C=O) groups excluding carboxylic acids is 1. The lowest BCUT2D eigenvalue weighted by Gasteiger charge is -2.24. The largest absolute Gasteiger partial charge is 0.481 e. The van der Waals surface area contributed by atoms with E-state index in [2.05, 4.69) is 5.10 Å². The van der Waals surface area contributed by atoms with Gasteiger partial charge in [0.15, 0.2) is 0 Å². The molecule has 0 saturated carbocycles. The van der Waals surface area contributed by atoms with E-state index in [1.54, 1.807) is 18.2 Å². The molecule has 1 amide bonds. The third-order valence-corrected chi connectivity index (χ3v) is 4.26. The van der Waals surface area contributed by atoms with Gasteiger partial charge < -0.3 is 14.7 Å². The maximum Gasteiger partial charge on any atom is 0.305 e. The van der Waals surface area contributed by atoms with E-state index in [9.17, 15) is 9.59 Å². The molecule has 0 spiro atoms. The van der Waals surface area contributed by atoms with Crippen molar-refractivity contribution in [3.05, 3.63) is 17.5 Å². The van der Waals surface area contributed by atoms with Gasteiger partial charge in [-0.2, -0.15) is 5.10 Å². The maximum atomic E-state index is 12.9. The van der Waals surface area contributed by atoms with Gasteiger partial charge in [0.25, 0.3) is 5.91 Å². The zero-order valence-electron chi connectivity index (χ0n) is 14.4. The fourth-order valence-electron chi connectivity index (χ4n) is 3.14. The molecule has 1 aromatic rings. The Kier molecular flexibility index (Phi) is 4.79. The number of rotatable bonds is 4. The quantitative estimate of drug-likeness (QED) is 0.911. The first kappa shape index (κ1) is 17.5. The van der Waals surface area contributed by atoms with Crippen LogP contribution >= 0.6 is 0 Å². The number of aromatic nitrogens is 2. The van der Waals surface area contributed by atoms with E-state index in [-0.39, 0.29) is 30.0 Å². The monoisotopic (exact) mass is 323 g/mol. The van der Waals surface area contributed by atoms with Crippen LogP contribution in [0, 0.1) is 6.92 Å². The first-order valence-corrected chi connectivity index (χ1v) is 7.75. The molecule has 1 aliphatic heterocycles. The molecule has 7 nitrogen and oxygen atoms in total. The van der Waals surface area contributed by atoms with E-state index < -0.39 is 5.97 Å². The summed E-state index contributed by atoms with van der Waals surface area (Å²) in [5, 5.41) is 13.4. The summed E-state index contributed by atoms with van der Waals surface area (Å²) in [6.45, 7) is 8.33. The van der Waals surface area contributed by atoms with Gasteiger partial charge in [0.1, 0.15) is 0 Å². The van der Waals surface area contributed by atoms with Crippen LogP contribution in [0.15, 0.2) is 6.20 Å². The summed E-state index contributed by atoms with van der Waals surface area (Å²) >= 11 is 0. The highest BCUT2D eigenvalue weighted by Crippen LogP contribution is 2.26. The van der Waals surface area contributed by atoms with E-state index in [0.29, 0.717) is 18.5 Å².